The van der Waals surface area contributed by atoms with Gasteiger partial charge in [-0.05, 0) is 44.7 Å². The van der Waals surface area contributed by atoms with Gasteiger partial charge in [0, 0.05) is 30.3 Å². The van der Waals surface area contributed by atoms with Crippen molar-refractivity contribution in [3.8, 4) is 11.3 Å². The van der Waals surface area contributed by atoms with Crippen LogP contribution >= 0.6 is 0 Å². The van der Waals surface area contributed by atoms with Gasteiger partial charge in [0.05, 0.1) is 5.69 Å². The zero-order valence-corrected chi connectivity index (χ0v) is 15.0. The highest BCUT2D eigenvalue weighted by Gasteiger charge is 2.27. The molecule has 1 saturated heterocycles. The van der Waals surface area contributed by atoms with Crippen molar-refractivity contribution in [1.29, 1.82) is 0 Å². The number of benzene rings is 1. The van der Waals surface area contributed by atoms with E-state index in [1.54, 1.807) is 0 Å². The molecular weight excluding hydrogens is 310 g/mol. The number of likely N-dealkylation sites (N-methyl/N-ethyl adjacent to an activating group) is 1. The van der Waals surface area contributed by atoms with Crippen molar-refractivity contribution in [3.63, 3.8) is 0 Å². The summed E-state index contributed by atoms with van der Waals surface area (Å²) in [5.74, 6) is 1.44. The quantitative estimate of drug-likeness (QED) is 0.882. The van der Waals surface area contributed by atoms with Crippen molar-refractivity contribution in [2.75, 3.05) is 30.8 Å². The molecule has 1 aliphatic heterocycles. The minimum absolute atomic E-state index is 0.385. The number of nitrogen functional groups attached to an aromatic ring is 1. The highest BCUT2D eigenvalue weighted by Crippen LogP contribution is 2.35. The average Bonchev–Trinajstić information content (AvgIpc) is 3.13. The first-order valence-corrected chi connectivity index (χ1v) is 9.43. The van der Waals surface area contributed by atoms with E-state index in [1.165, 1.54) is 36.0 Å². The summed E-state index contributed by atoms with van der Waals surface area (Å²) >= 11 is 0. The van der Waals surface area contributed by atoms with E-state index in [4.69, 9.17) is 10.7 Å². The minimum Gasteiger partial charge on any atom is -0.368 e. The van der Waals surface area contributed by atoms with Crippen LogP contribution in [0.15, 0.2) is 24.3 Å². The monoisotopic (exact) mass is 337 g/mol. The summed E-state index contributed by atoms with van der Waals surface area (Å²) in [4.78, 5) is 11.8. The standard InChI is InChI=1S/C20H27N5/c1-22-15-11-12-25(13-15)19-17-10-4-2-3-7-14-8-5-6-9-16(14)18(17)23-20(21)24-19/h5-6,8-9,15,22H,2-4,7,10-13H2,1H3,(H2,21,23,24). The summed E-state index contributed by atoms with van der Waals surface area (Å²) in [5, 5.41) is 3.39. The minimum atomic E-state index is 0.385. The molecule has 2 aromatic rings. The van der Waals surface area contributed by atoms with E-state index in [1.807, 2.05) is 7.05 Å². The average molecular weight is 337 g/mol. The number of rotatable bonds is 2. The van der Waals surface area contributed by atoms with Crippen LogP contribution in [0.5, 0.6) is 0 Å². The Hall–Kier alpha value is -2.14. The van der Waals surface area contributed by atoms with Gasteiger partial charge in [-0.25, -0.2) is 4.98 Å². The second-order valence-electron chi connectivity index (χ2n) is 7.17. The number of nitrogens with two attached hydrogens (primary N) is 1. The fourth-order valence-electron chi connectivity index (χ4n) is 4.16. The fraction of sp³-hybridized carbons (Fsp3) is 0.500. The molecule has 1 unspecified atom stereocenters. The molecule has 5 heteroatoms. The Morgan fingerprint density at radius 1 is 1.12 bits per heavy atom. The van der Waals surface area contributed by atoms with Gasteiger partial charge in [-0.3, -0.25) is 0 Å². The van der Waals surface area contributed by atoms with Gasteiger partial charge < -0.3 is 16.0 Å². The van der Waals surface area contributed by atoms with Gasteiger partial charge in [-0.15, -0.1) is 0 Å². The molecule has 5 nitrogen and oxygen atoms in total. The predicted octanol–water partition coefficient (Wildman–Crippen LogP) is 2.79. The molecule has 0 saturated carbocycles. The van der Waals surface area contributed by atoms with E-state index in [9.17, 15) is 0 Å². The molecule has 1 atom stereocenters. The summed E-state index contributed by atoms with van der Waals surface area (Å²) in [6.45, 7) is 2.01. The lowest BCUT2D eigenvalue weighted by Crippen LogP contribution is -2.30. The molecule has 25 heavy (non-hydrogen) atoms. The number of aromatic nitrogens is 2. The Kier molecular flexibility index (Phi) is 4.57. The second kappa shape index (κ2) is 7.00. The second-order valence-corrected chi connectivity index (χ2v) is 7.17. The van der Waals surface area contributed by atoms with Gasteiger partial charge in [0.25, 0.3) is 0 Å². The molecule has 2 aliphatic rings. The Balaban J connectivity index is 1.84. The van der Waals surface area contributed by atoms with Gasteiger partial charge in [0.2, 0.25) is 5.95 Å². The fourth-order valence-corrected chi connectivity index (χ4v) is 4.16. The van der Waals surface area contributed by atoms with Crippen molar-refractivity contribution >= 4 is 11.8 Å². The molecule has 0 amide bonds. The number of aryl methyl sites for hydroxylation is 1. The number of fused-ring (bicyclic) bond motifs is 3. The van der Waals surface area contributed by atoms with Crippen LogP contribution in [0, 0.1) is 0 Å². The van der Waals surface area contributed by atoms with Crippen molar-refractivity contribution in [3.05, 3.63) is 35.4 Å². The molecule has 1 aliphatic carbocycles. The first-order chi connectivity index (χ1) is 12.3. The third-order valence-corrected chi connectivity index (χ3v) is 5.54. The Bertz CT molecular complexity index is 758. The molecule has 2 heterocycles. The molecule has 0 spiro atoms. The topological polar surface area (TPSA) is 67.1 Å². The highest BCUT2D eigenvalue weighted by molar-refractivity contribution is 5.73. The van der Waals surface area contributed by atoms with Gasteiger partial charge in [-0.1, -0.05) is 30.7 Å². The van der Waals surface area contributed by atoms with E-state index in [0.717, 1.165) is 43.9 Å². The van der Waals surface area contributed by atoms with Gasteiger partial charge in [-0.2, -0.15) is 4.98 Å². The largest absolute Gasteiger partial charge is 0.368 e. The summed E-state index contributed by atoms with van der Waals surface area (Å²) < 4.78 is 0. The molecule has 4 rings (SSSR count). The summed E-state index contributed by atoms with van der Waals surface area (Å²) in [6.07, 6.45) is 6.95. The lowest BCUT2D eigenvalue weighted by atomic mass is 9.97. The molecule has 3 N–H and O–H groups in total. The Labute approximate surface area is 149 Å². The zero-order chi connectivity index (χ0) is 17.2. The summed E-state index contributed by atoms with van der Waals surface area (Å²) in [5.41, 5.74) is 11.1. The number of hydrogen-bond acceptors (Lipinski definition) is 5. The first-order valence-electron chi connectivity index (χ1n) is 9.43. The van der Waals surface area contributed by atoms with Gasteiger partial charge in [0.1, 0.15) is 5.82 Å². The molecule has 1 aromatic heterocycles. The lowest BCUT2D eigenvalue weighted by molar-refractivity contribution is 0.616. The van der Waals surface area contributed by atoms with Crippen LogP contribution in [0.4, 0.5) is 11.8 Å². The smallest absolute Gasteiger partial charge is 0.222 e. The van der Waals surface area contributed by atoms with Gasteiger partial charge in [0.15, 0.2) is 0 Å². The van der Waals surface area contributed by atoms with E-state index >= 15 is 0 Å². The molecule has 132 valence electrons. The van der Waals surface area contributed by atoms with Crippen LogP contribution < -0.4 is 16.0 Å². The van der Waals surface area contributed by atoms with E-state index in [-0.39, 0.29) is 0 Å². The number of hydrogen-bond donors (Lipinski definition) is 2. The normalized spacial score (nSPS) is 20.4. The van der Waals surface area contributed by atoms with E-state index in [0.29, 0.717) is 12.0 Å². The Morgan fingerprint density at radius 2 is 1.96 bits per heavy atom. The number of anilines is 2. The lowest BCUT2D eigenvalue weighted by Gasteiger charge is -2.23. The zero-order valence-electron chi connectivity index (χ0n) is 15.0. The third-order valence-electron chi connectivity index (χ3n) is 5.54. The maximum atomic E-state index is 6.14. The van der Waals surface area contributed by atoms with Crippen LogP contribution in [0.1, 0.15) is 36.8 Å². The van der Waals surface area contributed by atoms with Crippen LogP contribution in [0.2, 0.25) is 0 Å². The molecule has 1 aromatic carbocycles. The SMILES string of the molecule is CNC1CCN(c2nc(N)nc3c2CCCCCc2ccccc2-3)C1. The van der Waals surface area contributed by atoms with E-state index < -0.39 is 0 Å². The van der Waals surface area contributed by atoms with Crippen molar-refractivity contribution < 1.29 is 0 Å². The van der Waals surface area contributed by atoms with Crippen molar-refractivity contribution in [1.82, 2.24) is 15.3 Å². The van der Waals surface area contributed by atoms with Crippen LogP contribution in [-0.4, -0.2) is 36.1 Å². The van der Waals surface area contributed by atoms with Crippen molar-refractivity contribution in [2.45, 2.75) is 44.6 Å². The predicted molar refractivity (Wildman–Crippen MR) is 103 cm³/mol. The first kappa shape index (κ1) is 16.3. The molecule has 0 radical (unpaired) electrons. The molecule has 0 bridgehead atoms. The van der Waals surface area contributed by atoms with Crippen molar-refractivity contribution in [2.24, 2.45) is 0 Å². The van der Waals surface area contributed by atoms with Crippen LogP contribution in [0.25, 0.3) is 11.3 Å². The summed E-state index contributed by atoms with van der Waals surface area (Å²) in [7, 11) is 2.04. The molecular formula is C20H27N5. The third kappa shape index (κ3) is 3.21. The van der Waals surface area contributed by atoms with Crippen LogP contribution in [0.3, 0.4) is 0 Å². The maximum Gasteiger partial charge on any atom is 0.222 e. The summed E-state index contributed by atoms with van der Waals surface area (Å²) in [6, 6.07) is 9.17. The molecule has 1 fully saturated rings. The van der Waals surface area contributed by atoms with Crippen LogP contribution in [-0.2, 0) is 12.8 Å². The van der Waals surface area contributed by atoms with E-state index in [2.05, 4.69) is 39.5 Å². The number of nitrogens with zero attached hydrogens (tertiary/aromatic N) is 3. The Morgan fingerprint density at radius 3 is 2.80 bits per heavy atom. The highest BCUT2D eigenvalue weighted by atomic mass is 15.2. The number of nitrogens with one attached hydrogen (secondary N) is 1. The van der Waals surface area contributed by atoms with Gasteiger partial charge >= 0.3 is 0 Å². The maximum absolute atomic E-state index is 6.14.